The highest BCUT2D eigenvalue weighted by Crippen LogP contribution is 2.28. The van der Waals surface area contributed by atoms with E-state index in [-0.39, 0.29) is 0 Å². The van der Waals surface area contributed by atoms with Gasteiger partial charge in [-0.3, -0.25) is 4.98 Å². The fourth-order valence-electron chi connectivity index (χ4n) is 1.73. The number of pyridine rings is 1. The topological polar surface area (TPSA) is 72.8 Å². The molecule has 19 heavy (non-hydrogen) atoms. The maximum atomic E-state index is 9.50. The molecule has 1 rings (SSSR count). The molecule has 0 aromatic carbocycles. The van der Waals surface area contributed by atoms with Crippen molar-refractivity contribution in [2.75, 3.05) is 34.5 Å². The van der Waals surface area contributed by atoms with E-state index < -0.39 is 6.10 Å². The Morgan fingerprint density at radius 3 is 2.74 bits per heavy atom. The lowest BCUT2D eigenvalue weighted by Gasteiger charge is -2.13. The molecule has 1 aromatic heterocycles. The lowest BCUT2D eigenvalue weighted by Crippen LogP contribution is -2.23. The van der Waals surface area contributed by atoms with Crippen molar-refractivity contribution in [3.8, 4) is 11.5 Å². The minimum atomic E-state index is -0.447. The summed E-state index contributed by atoms with van der Waals surface area (Å²) in [5, 5.41) is 12.7. The molecule has 0 amide bonds. The molecule has 0 saturated heterocycles. The number of hydrogen-bond donors (Lipinski definition) is 2. The molecule has 0 saturated carbocycles. The van der Waals surface area contributed by atoms with E-state index in [0.29, 0.717) is 37.6 Å². The quantitative estimate of drug-likeness (QED) is 0.640. The highest BCUT2D eigenvalue weighted by atomic mass is 16.5. The molecule has 2 N–H and O–H groups in total. The van der Waals surface area contributed by atoms with Crippen molar-refractivity contribution in [1.29, 1.82) is 0 Å². The number of aromatic nitrogens is 1. The van der Waals surface area contributed by atoms with Gasteiger partial charge in [-0.2, -0.15) is 0 Å². The summed E-state index contributed by atoms with van der Waals surface area (Å²) in [5.41, 5.74) is 0.781. The predicted octanol–water partition coefficient (Wildman–Crippen LogP) is 0.586. The van der Waals surface area contributed by atoms with Crippen molar-refractivity contribution < 1.29 is 19.3 Å². The van der Waals surface area contributed by atoms with E-state index in [1.165, 1.54) is 0 Å². The Labute approximate surface area is 113 Å². The summed E-state index contributed by atoms with van der Waals surface area (Å²) < 4.78 is 15.4. The molecule has 1 aromatic rings. The second kappa shape index (κ2) is 8.68. The second-order valence-corrected chi connectivity index (χ2v) is 4.07. The van der Waals surface area contributed by atoms with Crippen LogP contribution in [0, 0.1) is 0 Å². The van der Waals surface area contributed by atoms with Gasteiger partial charge in [0.25, 0.3) is 0 Å². The predicted molar refractivity (Wildman–Crippen MR) is 71.5 cm³/mol. The molecule has 1 unspecified atom stereocenters. The molecule has 0 radical (unpaired) electrons. The largest absolute Gasteiger partial charge is 0.493 e. The third-order valence-corrected chi connectivity index (χ3v) is 2.67. The van der Waals surface area contributed by atoms with Gasteiger partial charge >= 0.3 is 0 Å². The molecule has 0 aliphatic heterocycles. The second-order valence-electron chi connectivity index (χ2n) is 4.07. The average Bonchev–Trinajstić information content (AvgIpc) is 2.43. The fraction of sp³-hybridized carbons (Fsp3) is 0.615. The first-order chi connectivity index (χ1) is 9.22. The van der Waals surface area contributed by atoms with Crippen molar-refractivity contribution in [1.82, 2.24) is 10.3 Å². The Bertz CT molecular complexity index is 374. The number of ether oxygens (including phenoxy) is 3. The van der Waals surface area contributed by atoms with Crippen LogP contribution >= 0.6 is 0 Å². The third-order valence-electron chi connectivity index (χ3n) is 2.67. The number of aliphatic hydroxyl groups is 1. The zero-order valence-corrected chi connectivity index (χ0v) is 11.7. The van der Waals surface area contributed by atoms with Gasteiger partial charge < -0.3 is 24.6 Å². The summed E-state index contributed by atoms with van der Waals surface area (Å²) in [7, 11) is 4.75. The van der Waals surface area contributed by atoms with Gasteiger partial charge in [-0.05, 0) is 13.0 Å². The van der Waals surface area contributed by atoms with Gasteiger partial charge in [0.15, 0.2) is 11.5 Å². The van der Waals surface area contributed by atoms with Crippen molar-refractivity contribution in [2.45, 2.75) is 19.1 Å². The van der Waals surface area contributed by atoms with E-state index in [4.69, 9.17) is 14.2 Å². The molecule has 0 bridgehead atoms. The van der Waals surface area contributed by atoms with E-state index in [2.05, 4.69) is 10.3 Å². The summed E-state index contributed by atoms with van der Waals surface area (Å²) in [6.45, 7) is 1.58. The standard InChI is InChI=1S/C13H22N2O4/c1-17-9-10(16)4-6-14-8-11-13(19-3)12(18-2)5-7-15-11/h5,7,10,14,16H,4,6,8-9H2,1-3H3. The molecular weight excluding hydrogens is 248 g/mol. The van der Waals surface area contributed by atoms with Crippen molar-refractivity contribution in [2.24, 2.45) is 0 Å². The van der Waals surface area contributed by atoms with Crippen LogP contribution in [0.4, 0.5) is 0 Å². The van der Waals surface area contributed by atoms with Crippen LogP contribution in [-0.4, -0.2) is 50.7 Å². The lowest BCUT2D eigenvalue weighted by atomic mass is 10.2. The van der Waals surface area contributed by atoms with Gasteiger partial charge in [-0.1, -0.05) is 0 Å². The van der Waals surface area contributed by atoms with E-state index >= 15 is 0 Å². The average molecular weight is 270 g/mol. The molecular formula is C13H22N2O4. The first kappa shape index (κ1) is 15.7. The zero-order valence-electron chi connectivity index (χ0n) is 11.7. The first-order valence-electron chi connectivity index (χ1n) is 6.16. The van der Waals surface area contributed by atoms with Gasteiger partial charge in [-0.25, -0.2) is 0 Å². The molecule has 0 fully saturated rings. The summed E-state index contributed by atoms with van der Waals surface area (Å²) in [4.78, 5) is 4.26. The van der Waals surface area contributed by atoms with Crippen molar-refractivity contribution >= 4 is 0 Å². The molecule has 0 aliphatic carbocycles. The van der Waals surface area contributed by atoms with Gasteiger partial charge in [-0.15, -0.1) is 0 Å². The van der Waals surface area contributed by atoms with Crippen molar-refractivity contribution in [3.63, 3.8) is 0 Å². The highest BCUT2D eigenvalue weighted by molar-refractivity contribution is 5.42. The molecule has 1 heterocycles. The molecule has 108 valence electrons. The number of nitrogens with one attached hydrogen (secondary N) is 1. The molecule has 6 heteroatoms. The Hall–Kier alpha value is -1.37. The van der Waals surface area contributed by atoms with Crippen LogP contribution in [0.15, 0.2) is 12.3 Å². The van der Waals surface area contributed by atoms with E-state index in [9.17, 15) is 5.11 Å². The Balaban J connectivity index is 2.45. The maximum absolute atomic E-state index is 9.50. The Morgan fingerprint density at radius 2 is 2.11 bits per heavy atom. The van der Waals surface area contributed by atoms with Crippen LogP contribution in [0.3, 0.4) is 0 Å². The summed E-state index contributed by atoms with van der Waals surface area (Å²) in [6, 6.07) is 1.75. The minimum absolute atomic E-state index is 0.350. The van der Waals surface area contributed by atoms with Gasteiger partial charge in [0.2, 0.25) is 0 Å². The van der Waals surface area contributed by atoms with Crippen LogP contribution in [0.25, 0.3) is 0 Å². The molecule has 6 nitrogen and oxygen atoms in total. The number of nitrogens with zero attached hydrogens (tertiary/aromatic N) is 1. The van der Waals surface area contributed by atoms with E-state index in [1.807, 2.05) is 0 Å². The van der Waals surface area contributed by atoms with Crippen LogP contribution in [0.2, 0.25) is 0 Å². The fourth-order valence-corrected chi connectivity index (χ4v) is 1.73. The molecule has 0 spiro atoms. The van der Waals surface area contributed by atoms with Gasteiger partial charge in [0.1, 0.15) is 0 Å². The maximum Gasteiger partial charge on any atom is 0.183 e. The minimum Gasteiger partial charge on any atom is -0.493 e. The molecule has 0 aliphatic rings. The SMILES string of the molecule is COCC(O)CCNCc1nccc(OC)c1OC. The van der Waals surface area contributed by atoms with Crippen molar-refractivity contribution in [3.05, 3.63) is 18.0 Å². The summed E-state index contributed by atoms with van der Waals surface area (Å²) in [6.07, 6.45) is 1.86. The number of hydrogen-bond acceptors (Lipinski definition) is 6. The monoisotopic (exact) mass is 270 g/mol. The zero-order chi connectivity index (χ0) is 14.1. The highest BCUT2D eigenvalue weighted by Gasteiger charge is 2.10. The number of aliphatic hydroxyl groups excluding tert-OH is 1. The van der Waals surface area contributed by atoms with Crippen LogP contribution < -0.4 is 14.8 Å². The van der Waals surface area contributed by atoms with Crippen LogP contribution in [-0.2, 0) is 11.3 Å². The third kappa shape index (κ3) is 5.02. The lowest BCUT2D eigenvalue weighted by molar-refractivity contribution is 0.0594. The van der Waals surface area contributed by atoms with Crippen LogP contribution in [0.1, 0.15) is 12.1 Å². The number of rotatable bonds is 9. The first-order valence-corrected chi connectivity index (χ1v) is 6.16. The van der Waals surface area contributed by atoms with E-state index in [1.54, 1.807) is 33.6 Å². The summed E-state index contributed by atoms with van der Waals surface area (Å²) >= 11 is 0. The normalized spacial score (nSPS) is 12.2. The summed E-state index contributed by atoms with van der Waals surface area (Å²) in [5.74, 6) is 1.30. The van der Waals surface area contributed by atoms with Gasteiger partial charge in [0, 0.05) is 25.9 Å². The smallest absolute Gasteiger partial charge is 0.183 e. The Morgan fingerprint density at radius 1 is 1.32 bits per heavy atom. The van der Waals surface area contributed by atoms with E-state index in [0.717, 1.165) is 5.69 Å². The van der Waals surface area contributed by atoms with Crippen LogP contribution in [0.5, 0.6) is 11.5 Å². The van der Waals surface area contributed by atoms with Gasteiger partial charge in [0.05, 0.1) is 32.6 Å². The Kier molecular flexibility index (Phi) is 7.17. The number of methoxy groups -OCH3 is 3. The molecule has 1 atom stereocenters.